The highest BCUT2D eigenvalue weighted by atomic mass is 16.2. The van der Waals surface area contributed by atoms with Crippen LogP contribution < -0.4 is 0 Å². The largest absolute Gasteiger partial charge is 0.341 e. The maximum absolute atomic E-state index is 11.8. The molecule has 0 bridgehead atoms. The molecule has 5 nitrogen and oxygen atoms in total. The van der Waals surface area contributed by atoms with Crippen LogP contribution in [0.15, 0.2) is 0 Å². The van der Waals surface area contributed by atoms with Gasteiger partial charge in [-0.1, -0.05) is 0 Å². The first-order valence-corrected chi connectivity index (χ1v) is 5.50. The van der Waals surface area contributed by atoms with Crippen molar-refractivity contribution >= 4 is 11.8 Å². The van der Waals surface area contributed by atoms with E-state index in [9.17, 15) is 9.59 Å². The number of nitrogens with zero attached hydrogens (tertiary/aromatic N) is 3. The van der Waals surface area contributed by atoms with E-state index in [0.29, 0.717) is 26.2 Å². The Hall–Kier alpha value is -1.57. The third-order valence-electron chi connectivity index (χ3n) is 2.82. The molecule has 0 N–H and O–H groups in total. The molecule has 0 saturated carbocycles. The van der Waals surface area contributed by atoms with Crippen LogP contribution in [0.1, 0.15) is 20.3 Å². The molecule has 1 aliphatic heterocycles. The second-order valence-corrected chi connectivity index (χ2v) is 4.04. The minimum atomic E-state index is -0.594. The van der Waals surface area contributed by atoms with Crippen molar-refractivity contribution in [2.75, 3.05) is 26.2 Å². The number of rotatable bonds is 1. The lowest BCUT2D eigenvalue weighted by Gasteiger charge is -2.22. The van der Waals surface area contributed by atoms with Gasteiger partial charge in [0.05, 0.1) is 6.07 Å². The van der Waals surface area contributed by atoms with Gasteiger partial charge < -0.3 is 9.80 Å². The van der Waals surface area contributed by atoms with Crippen molar-refractivity contribution in [2.24, 2.45) is 5.92 Å². The molecule has 5 heteroatoms. The van der Waals surface area contributed by atoms with Crippen molar-refractivity contribution in [3.8, 4) is 6.07 Å². The summed E-state index contributed by atoms with van der Waals surface area (Å²) in [4.78, 5) is 26.4. The fourth-order valence-electron chi connectivity index (χ4n) is 1.78. The number of amides is 2. The summed E-state index contributed by atoms with van der Waals surface area (Å²) in [6, 6.07) is 1.94. The zero-order valence-corrected chi connectivity index (χ0v) is 9.77. The molecule has 1 rings (SSSR count). The minimum absolute atomic E-state index is 0.0441. The normalized spacial score (nSPS) is 18.6. The zero-order valence-electron chi connectivity index (χ0n) is 9.77. The van der Waals surface area contributed by atoms with Crippen molar-refractivity contribution in [1.29, 1.82) is 5.26 Å². The van der Waals surface area contributed by atoms with E-state index >= 15 is 0 Å². The van der Waals surface area contributed by atoms with Gasteiger partial charge in [-0.15, -0.1) is 0 Å². The smallest absolute Gasteiger partial charge is 0.239 e. The van der Waals surface area contributed by atoms with Crippen LogP contribution in [-0.2, 0) is 9.59 Å². The average molecular weight is 223 g/mol. The Labute approximate surface area is 95.6 Å². The lowest BCUT2D eigenvalue weighted by molar-refractivity contribution is -0.134. The van der Waals surface area contributed by atoms with Crippen molar-refractivity contribution in [3.05, 3.63) is 0 Å². The topological polar surface area (TPSA) is 64.4 Å². The highest BCUT2D eigenvalue weighted by Gasteiger charge is 2.23. The number of carbonyl (C=O) groups is 2. The van der Waals surface area contributed by atoms with Crippen LogP contribution in [-0.4, -0.2) is 47.8 Å². The lowest BCUT2D eigenvalue weighted by Crippen LogP contribution is -2.38. The third-order valence-corrected chi connectivity index (χ3v) is 2.82. The van der Waals surface area contributed by atoms with E-state index in [-0.39, 0.29) is 11.8 Å². The van der Waals surface area contributed by atoms with Gasteiger partial charge in [0, 0.05) is 33.1 Å². The van der Waals surface area contributed by atoms with E-state index in [0.717, 1.165) is 6.42 Å². The summed E-state index contributed by atoms with van der Waals surface area (Å²) in [7, 11) is 0. The summed E-state index contributed by atoms with van der Waals surface area (Å²) in [6.07, 6.45) is 0.781. The van der Waals surface area contributed by atoms with Gasteiger partial charge in [-0.25, -0.2) is 0 Å². The molecule has 0 radical (unpaired) electrons. The van der Waals surface area contributed by atoms with Crippen LogP contribution >= 0.6 is 0 Å². The highest BCUT2D eigenvalue weighted by Crippen LogP contribution is 2.07. The molecule has 0 aromatic heterocycles. The molecule has 1 atom stereocenters. The van der Waals surface area contributed by atoms with Crippen molar-refractivity contribution in [3.63, 3.8) is 0 Å². The first-order chi connectivity index (χ1) is 7.56. The van der Waals surface area contributed by atoms with Gasteiger partial charge in [0.25, 0.3) is 0 Å². The predicted octanol–water partition coefficient (Wildman–Crippen LogP) is 0.227. The second kappa shape index (κ2) is 5.50. The van der Waals surface area contributed by atoms with Crippen LogP contribution in [0.3, 0.4) is 0 Å². The molecule has 0 aromatic rings. The number of carbonyl (C=O) groups excluding carboxylic acids is 2. The van der Waals surface area contributed by atoms with Crippen LogP contribution in [0.5, 0.6) is 0 Å². The molecule has 1 aliphatic rings. The van der Waals surface area contributed by atoms with Crippen LogP contribution in [0.4, 0.5) is 0 Å². The van der Waals surface area contributed by atoms with Crippen LogP contribution in [0.25, 0.3) is 0 Å². The molecule has 1 heterocycles. The van der Waals surface area contributed by atoms with E-state index < -0.39 is 5.92 Å². The Morgan fingerprint density at radius 1 is 1.19 bits per heavy atom. The first-order valence-electron chi connectivity index (χ1n) is 5.50. The summed E-state index contributed by atoms with van der Waals surface area (Å²) < 4.78 is 0. The van der Waals surface area contributed by atoms with Gasteiger partial charge in [-0.2, -0.15) is 5.26 Å². The van der Waals surface area contributed by atoms with Gasteiger partial charge in [-0.05, 0) is 13.3 Å². The quantitative estimate of drug-likeness (QED) is 0.639. The predicted molar refractivity (Wildman–Crippen MR) is 58.2 cm³/mol. The van der Waals surface area contributed by atoms with Gasteiger partial charge in [0.1, 0.15) is 5.92 Å². The van der Waals surface area contributed by atoms with Gasteiger partial charge >= 0.3 is 0 Å². The maximum atomic E-state index is 11.8. The van der Waals surface area contributed by atoms with Crippen LogP contribution in [0, 0.1) is 17.2 Å². The highest BCUT2D eigenvalue weighted by molar-refractivity contribution is 5.81. The van der Waals surface area contributed by atoms with E-state index in [1.54, 1.807) is 16.7 Å². The Balaban J connectivity index is 2.57. The second-order valence-electron chi connectivity index (χ2n) is 4.04. The summed E-state index contributed by atoms with van der Waals surface area (Å²) in [5.41, 5.74) is 0. The van der Waals surface area contributed by atoms with Crippen molar-refractivity contribution < 1.29 is 9.59 Å². The van der Waals surface area contributed by atoms with Gasteiger partial charge in [0.15, 0.2) is 0 Å². The molecule has 1 saturated heterocycles. The Bertz CT molecular complexity index is 322. The SMILES string of the molecule is CC(=O)N1CCCN(C(=O)C(C)C#N)CC1. The fourth-order valence-corrected chi connectivity index (χ4v) is 1.78. The van der Waals surface area contributed by atoms with E-state index in [4.69, 9.17) is 5.26 Å². The molecule has 2 amide bonds. The Morgan fingerprint density at radius 3 is 2.31 bits per heavy atom. The molecule has 1 unspecified atom stereocenters. The molecule has 16 heavy (non-hydrogen) atoms. The van der Waals surface area contributed by atoms with E-state index in [1.165, 1.54) is 6.92 Å². The molecule has 0 spiro atoms. The van der Waals surface area contributed by atoms with E-state index in [1.807, 2.05) is 6.07 Å². The van der Waals surface area contributed by atoms with E-state index in [2.05, 4.69) is 0 Å². The molecular formula is C11H17N3O2. The lowest BCUT2D eigenvalue weighted by atomic mass is 10.2. The molecule has 88 valence electrons. The van der Waals surface area contributed by atoms with Gasteiger partial charge in [0.2, 0.25) is 11.8 Å². The molecule has 0 aliphatic carbocycles. The summed E-state index contributed by atoms with van der Waals surface area (Å²) in [5.74, 6) is -0.681. The van der Waals surface area contributed by atoms with Crippen LogP contribution in [0.2, 0.25) is 0 Å². The minimum Gasteiger partial charge on any atom is -0.341 e. The summed E-state index contributed by atoms with van der Waals surface area (Å²) in [6.45, 7) is 5.57. The summed E-state index contributed by atoms with van der Waals surface area (Å²) in [5, 5.41) is 8.68. The standard InChI is InChI=1S/C11H17N3O2/c1-9(8-12)11(16)14-5-3-4-13(6-7-14)10(2)15/h9H,3-7H2,1-2H3. The third kappa shape index (κ3) is 2.96. The van der Waals surface area contributed by atoms with Gasteiger partial charge in [-0.3, -0.25) is 9.59 Å². The fraction of sp³-hybridized carbons (Fsp3) is 0.727. The average Bonchev–Trinajstić information content (AvgIpc) is 2.52. The zero-order chi connectivity index (χ0) is 12.1. The molecular weight excluding hydrogens is 206 g/mol. The Morgan fingerprint density at radius 2 is 1.75 bits per heavy atom. The number of hydrogen-bond acceptors (Lipinski definition) is 3. The monoisotopic (exact) mass is 223 g/mol. The van der Waals surface area contributed by atoms with Crippen molar-refractivity contribution in [2.45, 2.75) is 20.3 Å². The number of nitriles is 1. The number of hydrogen-bond donors (Lipinski definition) is 0. The maximum Gasteiger partial charge on any atom is 0.239 e. The first kappa shape index (κ1) is 12.5. The Kier molecular flexibility index (Phi) is 4.29. The van der Waals surface area contributed by atoms with Crippen molar-refractivity contribution in [1.82, 2.24) is 9.80 Å². The summed E-state index contributed by atoms with van der Waals surface area (Å²) >= 11 is 0. The molecule has 1 fully saturated rings. The molecule has 0 aromatic carbocycles.